The van der Waals surface area contributed by atoms with Crippen molar-refractivity contribution in [3.8, 4) is 5.75 Å². The third kappa shape index (κ3) is 3.47. The van der Waals surface area contributed by atoms with Gasteiger partial charge in [-0.15, -0.1) is 0 Å². The van der Waals surface area contributed by atoms with E-state index in [-0.39, 0.29) is 27.7 Å². The fourth-order valence-corrected chi connectivity index (χ4v) is 2.89. The van der Waals surface area contributed by atoms with Gasteiger partial charge >= 0.3 is 5.97 Å². The number of hydrogen-bond acceptors (Lipinski definition) is 5. The molecule has 0 unspecified atom stereocenters. The minimum Gasteiger partial charge on any atom is -0.495 e. The molecule has 27 heavy (non-hydrogen) atoms. The van der Waals surface area contributed by atoms with E-state index in [0.717, 1.165) is 4.90 Å². The minimum atomic E-state index is -1.08. The second kappa shape index (κ2) is 7.30. The predicted molar refractivity (Wildman–Crippen MR) is 100 cm³/mol. The van der Waals surface area contributed by atoms with Crippen molar-refractivity contribution in [3.63, 3.8) is 0 Å². The molecule has 2 aromatic carbocycles. The number of hydrogen-bond donors (Lipinski definition) is 2. The van der Waals surface area contributed by atoms with Gasteiger partial charge in [-0.05, 0) is 42.5 Å². The number of methoxy groups -OCH3 is 1. The summed E-state index contributed by atoms with van der Waals surface area (Å²) in [6, 6.07) is 10.2. The van der Waals surface area contributed by atoms with Gasteiger partial charge in [-0.3, -0.25) is 9.59 Å². The van der Waals surface area contributed by atoms with Gasteiger partial charge < -0.3 is 15.2 Å². The minimum absolute atomic E-state index is 0.0831. The Morgan fingerprint density at radius 2 is 1.74 bits per heavy atom. The van der Waals surface area contributed by atoms with E-state index in [0.29, 0.717) is 10.7 Å². The largest absolute Gasteiger partial charge is 0.495 e. The van der Waals surface area contributed by atoms with Gasteiger partial charge in [-0.2, -0.15) is 0 Å². The third-order valence-corrected chi connectivity index (χ3v) is 4.40. The van der Waals surface area contributed by atoms with Crippen LogP contribution in [0.3, 0.4) is 0 Å². The summed E-state index contributed by atoms with van der Waals surface area (Å²) in [5, 5.41) is 11.7. The Morgan fingerprint density at radius 1 is 1.07 bits per heavy atom. The lowest BCUT2D eigenvalue weighted by atomic mass is 10.2. The number of amides is 2. The van der Waals surface area contributed by atoms with Crippen molar-refractivity contribution in [2.24, 2.45) is 0 Å². The molecule has 0 aliphatic carbocycles. The normalized spacial score (nSPS) is 14.0. The average Bonchev–Trinajstić information content (AvgIpc) is 2.85. The number of halogens is 2. The molecule has 0 atom stereocenters. The van der Waals surface area contributed by atoms with Gasteiger partial charge in [0.05, 0.1) is 18.4 Å². The number of rotatable bonds is 5. The molecule has 7 nitrogen and oxygen atoms in total. The molecule has 1 aliphatic rings. The molecule has 2 N–H and O–H groups in total. The quantitative estimate of drug-likeness (QED) is 0.737. The van der Waals surface area contributed by atoms with Crippen molar-refractivity contribution in [1.29, 1.82) is 0 Å². The molecule has 0 spiro atoms. The molecule has 0 bridgehead atoms. The molecule has 0 saturated heterocycles. The second-order valence-electron chi connectivity index (χ2n) is 5.46. The van der Waals surface area contributed by atoms with Crippen LogP contribution in [0.25, 0.3) is 0 Å². The van der Waals surface area contributed by atoms with Crippen LogP contribution >= 0.6 is 23.2 Å². The molecule has 9 heteroatoms. The molecule has 2 amide bonds. The van der Waals surface area contributed by atoms with E-state index in [1.165, 1.54) is 43.5 Å². The Bertz CT molecular complexity index is 986. The van der Waals surface area contributed by atoms with Crippen LogP contribution in [-0.2, 0) is 9.59 Å². The van der Waals surface area contributed by atoms with Gasteiger partial charge in [-0.25, -0.2) is 9.69 Å². The number of carboxylic acids is 1. The van der Waals surface area contributed by atoms with Crippen LogP contribution < -0.4 is 15.0 Å². The fourth-order valence-electron chi connectivity index (χ4n) is 2.51. The first-order valence-corrected chi connectivity index (χ1v) is 8.31. The van der Waals surface area contributed by atoms with Crippen molar-refractivity contribution in [3.05, 3.63) is 63.8 Å². The van der Waals surface area contributed by atoms with Crippen molar-refractivity contribution in [2.75, 3.05) is 17.3 Å². The molecule has 0 saturated carbocycles. The number of nitrogens with one attached hydrogen (secondary N) is 1. The molecule has 0 radical (unpaired) electrons. The fraction of sp³-hybridized carbons (Fsp3) is 0.0556. The van der Waals surface area contributed by atoms with E-state index in [4.69, 9.17) is 33.0 Å². The molecule has 2 aromatic rings. The molecular weight excluding hydrogens is 395 g/mol. The molecular formula is C18H12Cl2N2O5. The standard InChI is InChI=1S/C18H12Cl2N2O5/c1-27-13-7-4-10(19)8-12(13)22-16(23)14(20)15(17(22)24)21-11-5-2-9(3-6-11)18(25)26/h2-8,21H,1H3,(H,25,26). The van der Waals surface area contributed by atoms with Crippen LogP contribution in [-0.4, -0.2) is 30.0 Å². The number of nitrogens with zero attached hydrogens (tertiary/aromatic N) is 1. The highest BCUT2D eigenvalue weighted by atomic mass is 35.5. The summed E-state index contributed by atoms with van der Waals surface area (Å²) < 4.78 is 5.19. The van der Waals surface area contributed by atoms with Crippen LogP contribution in [0.2, 0.25) is 5.02 Å². The number of ether oxygens (including phenoxy) is 1. The van der Waals surface area contributed by atoms with Crippen LogP contribution in [0.1, 0.15) is 10.4 Å². The van der Waals surface area contributed by atoms with Crippen molar-refractivity contribution >= 4 is 52.4 Å². The molecule has 138 valence electrons. The second-order valence-corrected chi connectivity index (χ2v) is 6.27. The Hall–Kier alpha value is -3.03. The smallest absolute Gasteiger partial charge is 0.335 e. The molecule has 0 fully saturated rings. The maximum Gasteiger partial charge on any atom is 0.335 e. The number of benzene rings is 2. The lowest BCUT2D eigenvalue weighted by molar-refractivity contribution is -0.120. The van der Waals surface area contributed by atoms with Gasteiger partial charge in [0.1, 0.15) is 16.5 Å². The first-order chi connectivity index (χ1) is 12.8. The van der Waals surface area contributed by atoms with E-state index >= 15 is 0 Å². The van der Waals surface area contributed by atoms with E-state index in [1.807, 2.05) is 0 Å². The Balaban J connectivity index is 1.93. The first kappa shape index (κ1) is 18.8. The summed E-state index contributed by atoms with van der Waals surface area (Å²) >= 11 is 12.0. The third-order valence-electron chi connectivity index (χ3n) is 3.81. The zero-order valence-corrected chi connectivity index (χ0v) is 15.3. The Morgan fingerprint density at radius 3 is 2.33 bits per heavy atom. The summed E-state index contributed by atoms with van der Waals surface area (Å²) in [4.78, 5) is 37.1. The number of aromatic carboxylic acids is 1. The maximum absolute atomic E-state index is 12.8. The van der Waals surface area contributed by atoms with Gasteiger partial charge in [0.2, 0.25) is 0 Å². The number of anilines is 2. The van der Waals surface area contributed by atoms with Crippen LogP contribution in [0, 0.1) is 0 Å². The van der Waals surface area contributed by atoms with Gasteiger partial charge in [0.15, 0.2) is 0 Å². The Labute approximate surface area is 163 Å². The zero-order chi connectivity index (χ0) is 19.7. The zero-order valence-electron chi connectivity index (χ0n) is 13.8. The van der Waals surface area contributed by atoms with Gasteiger partial charge in [0, 0.05) is 10.7 Å². The molecule has 3 rings (SSSR count). The van der Waals surface area contributed by atoms with E-state index < -0.39 is 17.8 Å². The van der Waals surface area contributed by atoms with E-state index in [9.17, 15) is 14.4 Å². The summed E-state index contributed by atoms with van der Waals surface area (Å²) in [5.74, 6) is -2.22. The summed E-state index contributed by atoms with van der Waals surface area (Å²) in [5.41, 5.74) is 0.511. The van der Waals surface area contributed by atoms with Crippen LogP contribution in [0.15, 0.2) is 53.2 Å². The highest BCUT2D eigenvalue weighted by Gasteiger charge is 2.40. The number of carboxylic acid groups (broad SMARTS) is 1. The molecule has 1 heterocycles. The number of imide groups is 1. The van der Waals surface area contributed by atoms with Gasteiger partial charge in [0.25, 0.3) is 11.8 Å². The summed E-state index contributed by atoms with van der Waals surface area (Å²) in [6.07, 6.45) is 0. The van der Waals surface area contributed by atoms with Crippen LogP contribution in [0.4, 0.5) is 11.4 Å². The lowest BCUT2D eigenvalue weighted by Crippen LogP contribution is -2.32. The summed E-state index contributed by atoms with van der Waals surface area (Å²) in [6.45, 7) is 0. The summed E-state index contributed by atoms with van der Waals surface area (Å²) in [7, 11) is 1.40. The first-order valence-electron chi connectivity index (χ1n) is 7.56. The highest BCUT2D eigenvalue weighted by molar-refractivity contribution is 6.53. The van der Waals surface area contributed by atoms with Gasteiger partial charge in [-0.1, -0.05) is 23.2 Å². The predicted octanol–water partition coefficient (Wildman–Crippen LogP) is 3.48. The topological polar surface area (TPSA) is 95.9 Å². The van der Waals surface area contributed by atoms with Crippen molar-refractivity contribution in [2.45, 2.75) is 0 Å². The van der Waals surface area contributed by atoms with Crippen molar-refractivity contribution < 1.29 is 24.2 Å². The average molecular weight is 407 g/mol. The highest BCUT2D eigenvalue weighted by Crippen LogP contribution is 2.37. The maximum atomic E-state index is 12.8. The Kier molecular flexibility index (Phi) is 5.07. The SMILES string of the molecule is COc1ccc(Cl)cc1N1C(=O)C(Cl)=C(Nc2ccc(C(=O)O)cc2)C1=O. The number of carbonyl (C=O) groups is 3. The van der Waals surface area contributed by atoms with E-state index in [2.05, 4.69) is 5.32 Å². The van der Waals surface area contributed by atoms with E-state index in [1.54, 1.807) is 6.07 Å². The molecule has 0 aromatic heterocycles. The number of carbonyl (C=O) groups excluding carboxylic acids is 2. The van der Waals surface area contributed by atoms with Crippen LogP contribution in [0.5, 0.6) is 5.75 Å². The monoisotopic (exact) mass is 406 g/mol. The molecule has 1 aliphatic heterocycles. The van der Waals surface area contributed by atoms with Crippen molar-refractivity contribution in [1.82, 2.24) is 0 Å². The lowest BCUT2D eigenvalue weighted by Gasteiger charge is -2.18.